The van der Waals surface area contributed by atoms with E-state index in [0.717, 1.165) is 27.3 Å². The fourth-order valence-electron chi connectivity index (χ4n) is 2.58. The van der Waals surface area contributed by atoms with Crippen LogP contribution in [0.4, 0.5) is 11.4 Å². The first-order valence-corrected chi connectivity index (χ1v) is 9.91. The van der Waals surface area contributed by atoms with Crippen LogP contribution in [-0.2, 0) is 14.8 Å². The molecular formula is C18H21ClN2O3S. The largest absolute Gasteiger partial charge is 0.324 e. The molecule has 2 aromatic carbocycles. The number of carbonyl (C=O) groups is 1. The molecule has 0 saturated heterocycles. The summed E-state index contributed by atoms with van der Waals surface area (Å²) in [5.74, 6) is -0.421. The van der Waals surface area contributed by atoms with Gasteiger partial charge in [-0.3, -0.25) is 9.10 Å². The highest BCUT2D eigenvalue weighted by Crippen LogP contribution is 2.22. The van der Waals surface area contributed by atoms with Crippen LogP contribution < -0.4 is 9.62 Å². The molecule has 0 spiro atoms. The van der Waals surface area contributed by atoms with E-state index >= 15 is 0 Å². The van der Waals surface area contributed by atoms with Crippen LogP contribution in [0.25, 0.3) is 0 Å². The Morgan fingerprint density at radius 2 is 1.68 bits per heavy atom. The van der Waals surface area contributed by atoms with E-state index in [4.69, 9.17) is 11.6 Å². The van der Waals surface area contributed by atoms with Gasteiger partial charge in [-0.25, -0.2) is 8.42 Å². The monoisotopic (exact) mass is 380 g/mol. The zero-order chi connectivity index (χ0) is 18.8. The van der Waals surface area contributed by atoms with E-state index < -0.39 is 15.9 Å². The van der Waals surface area contributed by atoms with Crippen LogP contribution in [0.5, 0.6) is 0 Å². The van der Waals surface area contributed by atoms with Gasteiger partial charge in [-0.1, -0.05) is 17.7 Å². The second-order valence-corrected chi connectivity index (χ2v) is 8.47. The molecule has 0 aliphatic heterocycles. The van der Waals surface area contributed by atoms with Crippen molar-refractivity contribution in [2.45, 2.75) is 20.8 Å². The third-order valence-corrected chi connectivity index (χ3v) is 5.02. The minimum Gasteiger partial charge on any atom is -0.324 e. The number of aryl methyl sites for hydroxylation is 3. The van der Waals surface area contributed by atoms with Crippen molar-refractivity contribution in [3.63, 3.8) is 0 Å². The summed E-state index contributed by atoms with van der Waals surface area (Å²) in [5, 5.41) is 3.31. The summed E-state index contributed by atoms with van der Waals surface area (Å²) < 4.78 is 25.5. The molecule has 1 amide bonds. The number of halogens is 1. The first kappa shape index (κ1) is 19.3. The van der Waals surface area contributed by atoms with Gasteiger partial charge in [0, 0.05) is 10.7 Å². The van der Waals surface area contributed by atoms with E-state index in [2.05, 4.69) is 5.32 Å². The summed E-state index contributed by atoms with van der Waals surface area (Å²) in [4.78, 5) is 12.4. The molecule has 0 fully saturated rings. The van der Waals surface area contributed by atoms with Gasteiger partial charge in [0.2, 0.25) is 15.9 Å². The second kappa shape index (κ2) is 7.45. The number of hydrogen-bond acceptors (Lipinski definition) is 3. The maximum absolute atomic E-state index is 12.4. The van der Waals surface area contributed by atoms with Crippen LogP contribution in [0.2, 0.25) is 5.02 Å². The van der Waals surface area contributed by atoms with Gasteiger partial charge in [-0.15, -0.1) is 0 Å². The molecule has 25 heavy (non-hydrogen) atoms. The predicted octanol–water partition coefficient (Wildman–Crippen LogP) is 3.67. The first-order chi connectivity index (χ1) is 11.6. The van der Waals surface area contributed by atoms with E-state index in [9.17, 15) is 13.2 Å². The summed E-state index contributed by atoms with van der Waals surface area (Å²) in [7, 11) is -3.60. The van der Waals surface area contributed by atoms with Gasteiger partial charge < -0.3 is 5.32 Å². The predicted molar refractivity (Wildman–Crippen MR) is 103 cm³/mol. The quantitative estimate of drug-likeness (QED) is 0.860. The molecule has 0 aliphatic rings. The summed E-state index contributed by atoms with van der Waals surface area (Å²) in [5.41, 5.74) is 3.74. The highest BCUT2D eigenvalue weighted by molar-refractivity contribution is 7.92. The number of nitrogens with zero attached hydrogens (tertiary/aromatic N) is 1. The molecule has 0 atom stereocenters. The van der Waals surface area contributed by atoms with E-state index in [1.54, 1.807) is 30.3 Å². The SMILES string of the molecule is Cc1cc(C)cc(N(CC(=O)Nc2ccc(Cl)cc2C)S(C)(=O)=O)c1. The third-order valence-electron chi connectivity index (χ3n) is 3.64. The van der Waals surface area contributed by atoms with Gasteiger partial charge in [-0.05, 0) is 67.8 Å². The molecule has 0 aromatic heterocycles. The summed E-state index contributed by atoms with van der Waals surface area (Å²) in [6.07, 6.45) is 1.09. The van der Waals surface area contributed by atoms with E-state index in [1.807, 2.05) is 26.8 Å². The molecule has 0 heterocycles. The molecule has 1 N–H and O–H groups in total. The maximum atomic E-state index is 12.4. The molecule has 2 rings (SSSR count). The number of sulfonamides is 1. The van der Waals surface area contributed by atoms with Gasteiger partial charge in [0.05, 0.1) is 11.9 Å². The molecule has 7 heteroatoms. The van der Waals surface area contributed by atoms with Gasteiger partial charge in [-0.2, -0.15) is 0 Å². The smallest absolute Gasteiger partial charge is 0.245 e. The summed E-state index contributed by atoms with van der Waals surface area (Å²) in [6, 6.07) is 10.5. The second-order valence-electron chi connectivity index (χ2n) is 6.12. The van der Waals surface area contributed by atoms with Crippen molar-refractivity contribution in [3.05, 3.63) is 58.1 Å². The lowest BCUT2D eigenvalue weighted by molar-refractivity contribution is -0.114. The topological polar surface area (TPSA) is 66.5 Å². The highest BCUT2D eigenvalue weighted by Gasteiger charge is 2.21. The van der Waals surface area contributed by atoms with Crippen molar-refractivity contribution < 1.29 is 13.2 Å². The number of nitrogens with one attached hydrogen (secondary N) is 1. The van der Waals surface area contributed by atoms with Crippen molar-refractivity contribution in [1.29, 1.82) is 0 Å². The molecule has 134 valence electrons. The van der Waals surface area contributed by atoms with Crippen molar-refractivity contribution in [2.75, 3.05) is 22.4 Å². The van der Waals surface area contributed by atoms with Crippen molar-refractivity contribution in [2.24, 2.45) is 0 Å². The molecule has 0 saturated carbocycles. The van der Waals surface area contributed by atoms with Crippen molar-refractivity contribution >= 4 is 38.9 Å². The Labute approximate surface area is 153 Å². The first-order valence-electron chi connectivity index (χ1n) is 7.68. The normalized spacial score (nSPS) is 11.2. The van der Waals surface area contributed by atoms with Crippen LogP contribution in [0.1, 0.15) is 16.7 Å². The van der Waals surface area contributed by atoms with Crippen molar-refractivity contribution in [3.8, 4) is 0 Å². The van der Waals surface area contributed by atoms with Gasteiger partial charge in [0.15, 0.2) is 0 Å². The highest BCUT2D eigenvalue weighted by atomic mass is 35.5. The minimum atomic E-state index is -3.60. The van der Waals surface area contributed by atoms with Crippen LogP contribution in [0.15, 0.2) is 36.4 Å². The van der Waals surface area contributed by atoms with Crippen LogP contribution >= 0.6 is 11.6 Å². The third kappa shape index (κ3) is 5.21. The number of rotatable bonds is 5. The van der Waals surface area contributed by atoms with Gasteiger partial charge in [0.25, 0.3) is 0 Å². The Morgan fingerprint density at radius 1 is 1.08 bits per heavy atom. The Balaban J connectivity index is 2.27. The molecule has 0 radical (unpaired) electrons. The fraction of sp³-hybridized carbons (Fsp3) is 0.278. The van der Waals surface area contributed by atoms with E-state index in [-0.39, 0.29) is 6.54 Å². The molecule has 5 nitrogen and oxygen atoms in total. The zero-order valence-electron chi connectivity index (χ0n) is 14.6. The van der Waals surface area contributed by atoms with Crippen molar-refractivity contribution in [1.82, 2.24) is 0 Å². The van der Waals surface area contributed by atoms with Crippen LogP contribution in [-0.4, -0.2) is 27.1 Å². The van der Waals surface area contributed by atoms with Crippen LogP contribution in [0.3, 0.4) is 0 Å². The Morgan fingerprint density at radius 3 is 2.20 bits per heavy atom. The fourth-order valence-corrected chi connectivity index (χ4v) is 3.65. The lowest BCUT2D eigenvalue weighted by Gasteiger charge is -2.23. The molecule has 2 aromatic rings. The average Bonchev–Trinajstić information content (AvgIpc) is 2.45. The number of anilines is 2. The number of benzene rings is 2. The Kier molecular flexibility index (Phi) is 5.75. The minimum absolute atomic E-state index is 0.302. The Hall–Kier alpha value is -2.05. The number of amides is 1. The van der Waals surface area contributed by atoms with Crippen LogP contribution in [0, 0.1) is 20.8 Å². The molecule has 0 bridgehead atoms. The lowest BCUT2D eigenvalue weighted by atomic mass is 10.1. The van der Waals surface area contributed by atoms with Gasteiger partial charge >= 0.3 is 0 Å². The standard InChI is InChI=1S/C18H21ClN2O3S/c1-12-7-13(2)9-16(8-12)21(25(4,23)24)11-18(22)20-17-6-5-15(19)10-14(17)3/h5-10H,11H2,1-4H3,(H,20,22). The van der Waals surface area contributed by atoms with Gasteiger partial charge in [0.1, 0.15) is 6.54 Å². The van der Waals surface area contributed by atoms with E-state index in [0.29, 0.717) is 16.4 Å². The Bertz CT molecular complexity index is 890. The number of hydrogen-bond donors (Lipinski definition) is 1. The molecular weight excluding hydrogens is 360 g/mol. The number of carbonyl (C=O) groups excluding carboxylic acids is 1. The molecule has 0 aliphatic carbocycles. The maximum Gasteiger partial charge on any atom is 0.245 e. The lowest BCUT2D eigenvalue weighted by Crippen LogP contribution is -2.37. The average molecular weight is 381 g/mol. The molecule has 0 unspecified atom stereocenters. The zero-order valence-corrected chi connectivity index (χ0v) is 16.2. The van der Waals surface area contributed by atoms with E-state index in [1.165, 1.54) is 0 Å². The summed E-state index contributed by atoms with van der Waals surface area (Å²) >= 11 is 5.91. The summed E-state index contributed by atoms with van der Waals surface area (Å²) in [6.45, 7) is 5.28.